The van der Waals surface area contributed by atoms with Crippen LogP contribution in [0.25, 0.3) is 0 Å². The van der Waals surface area contributed by atoms with Crippen molar-refractivity contribution in [2.45, 2.75) is 40.2 Å². The highest BCUT2D eigenvalue weighted by atomic mass is 15.3. The van der Waals surface area contributed by atoms with Crippen molar-refractivity contribution in [3.63, 3.8) is 0 Å². The summed E-state index contributed by atoms with van der Waals surface area (Å²) in [4.78, 5) is 0. The Balaban J connectivity index is 2.36. The van der Waals surface area contributed by atoms with E-state index in [-0.39, 0.29) is 6.04 Å². The standard InChI is InChI=1S/C16H24N4/c1-10-6-7-11(2)14(8-10)16(18-17)9-15-12(3)19-20(5)13(15)4/h6-8,16,18H,9,17H2,1-5H3. The van der Waals surface area contributed by atoms with Crippen LogP contribution in [0.4, 0.5) is 0 Å². The molecule has 0 aliphatic rings. The lowest BCUT2D eigenvalue weighted by Crippen LogP contribution is -2.30. The molecule has 0 amide bonds. The van der Waals surface area contributed by atoms with Crippen LogP contribution in [0.3, 0.4) is 0 Å². The summed E-state index contributed by atoms with van der Waals surface area (Å²) in [6.07, 6.45) is 0.853. The molecule has 1 atom stereocenters. The van der Waals surface area contributed by atoms with Crippen molar-refractivity contribution >= 4 is 0 Å². The Labute approximate surface area is 121 Å². The van der Waals surface area contributed by atoms with Gasteiger partial charge in [-0.2, -0.15) is 5.10 Å². The summed E-state index contributed by atoms with van der Waals surface area (Å²) in [5.74, 6) is 5.80. The fourth-order valence-corrected chi connectivity index (χ4v) is 2.71. The predicted octanol–water partition coefficient (Wildman–Crippen LogP) is 2.40. The lowest BCUT2D eigenvalue weighted by molar-refractivity contribution is 0.546. The van der Waals surface area contributed by atoms with Crippen LogP contribution in [-0.2, 0) is 13.5 Å². The van der Waals surface area contributed by atoms with E-state index < -0.39 is 0 Å². The highest BCUT2D eigenvalue weighted by molar-refractivity contribution is 5.35. The van der Waals surface area contributed by atoms with Crippen LogP contribution < -0.4 is 11.3 Å². The average Bonchev–Trinajstić information content (AvgIpc) is 2.65. The van der Waals surface area contributed by atoms with Crippen molar-refractivity contribution in [1.29, 1.82) is 0 Å². The summed E-state index contributed by atoms with van der Waals surface area (Å²) in [7, 11) is 1.98. The third-order valence-electron chi connectivity index (χ3n) is 4.08. The van der Waals surface area contributed by atoms with E-state index in [1.54, 1.807) is 0 Å². The van der Waals surface area contributed by atoms with Crippen molar-refractivity contribution in [1.82, 2.24) is 15.2 Å². The van der Waals surface area contributed by atoms with Gasteiger partial charge in [0.05, 0.1) is 11.7 Å². The maximum Gasteiger partial charge on any atom is 0.0629 e. The van der Waals surface area contributed by atoms with E-state index in [1.807, 2.05) is 11.7 Å². The second-order valence-electron chi connectivity index (χ2n) is 5.56. The normalized spacial score (nSPS) is 12.7. The fraction of sp³-hybridized carbons (Fsp3) is 0.438. The minimum absolute atomic E-state index is 0.108. The van der Waals surface area contributed by atoms with Crippen molar-refractivity contribution < 1.29 is 0 Å². The number of hydrazine groups is 1. The molecule has 0 saturated carbocycles. The van der Waals surface area contributed by atoms with Gasteiger partial charge in [0.2, 0.25) is 0 Å². The molecule has 1 unspecified atom stereocenters. The van der Waals surface area contributed by atoms with E-state index in [0.29, 0.717) is 0 Å². The second-order valence-corrected chi connectivity index (χ2v) is 5.56. The van der Waals surface area contributed by atoms with Gasteiger partial charge in [0.15, 0.2) is 0 Å². The molecule has 0 saturated heterocycles. The van der Waals surface area contributed by atoms with Gasteiger partial charge in [0.1, 0.15) is 0 Å². The van der Waals surface area contributed by atoms with Crippen LogP contribution >= 0.6 is 0 Å². The van der Waals surface area contributed by atoms with E-state index in [4.69, 9.17) is 5.84 Å². The first kappa shape index (κ1) is 14.8. The molecule has 0 aliphatic carbocycles. The molecule has 4 heteroatoms. The fourth-order valence-electron chi connectivity index (χ4n) is 2.71. The summed E-state index contributed by atoms with van der Waals surface area (Å²) < 4.78 is 1.93. The van der Waals surface area contributed by atoms with Gasteiger partial charge in [0.25, 0.3) is 0 Å². The molecule has 0 aliphatic heterocycles. The highest BCUT2D eigenvalue weighted by Gasteiger charge is 2.18. The quantitative estimate of drug-likeness (QED) is 0.664. The minimum Gasteiger partial charge on any atom is -0.272 e. The van der Waals surface area contributed by atoms with E-state index in [2.05, 4.69) is 56.4 Å². The molecule has 108 valence electrons. The van der Waals surface area contributed by atoms with Crippen molar-refractivity contribution in [2.75, 3.05) is 0 Å². The van der Waals surface area contributed by atoms with Gasteiger partial charge in [0, 0.05) is 12.7 Å². The molecule has 1 heterocycles. The Kier molecular flexibility index (Phi) is 4.26. The summed E-state index contributed by atoms with van der Waals surface area (Å²) in [5.41, 5.74) is 10.3. The Morgan fingerprint density at radius 2 is 1.95 bits per heavy atom. The van der Waals surface area contributed by atoms with Gasteiger partial charge in [-0.1, -0.05) is 23.8 Å². The van der Waals surface area contributed by atoms with Gasteiger partial charge >= 0.3 is 0 Å². The molecular formula is C16H24N4. The number of hydrogen-bond donors (Lipinski definition) is 2. The average molecular weight is 272 g/mol. The molecule has 0 radical (unpaired) electrons. The Bertz CT molecular complexity index is 613. The third kappa shape index (κ3) is 2.76. The molecule has 3 N–H and O–H groups in total. The second kappa shape index (κ2) is 5.77. The Hall–Kier alpha value is -1.65. The van der Waals surface area contributed by atoms with E-state index in [1.165, 1.54) is 27.9 Å². The zero-order valence-electron chi connectivity index (χ0n) is 13.0. The summed E-state index contributed by atoms with van der Waals surface area (Å²) in [5, 5.41) is 4.48. The van der Waals surface area contributed by atoms with Gasteiger partial charge in [-0.05, 0) is 50.8 Å². The number of nitrogens with two attached hydrogens (primary N) is 1. The Morgan fingerprint density at radius 1 is 1.25 bits per heavy atom. The maximum atomic E-state index is 5.80. The monoisotopic (exact) mass is 272 g/mol. The van der Waals surface area contributed by atoms with Crippen LogP contribution in [-0.4, -0.2) is 9.78 Å². The summed E-state index contributed by atoms with van der Waals surface area (Å²) in [6, 6.07) is 6.60. The maximum absolute atomic E-state index is 5.80. The van der Waals surface area contributed by atoms with Gasteiger partial charge in [-0.3, -0.25) is 16.0 Å². The molecule has 2 rings (SSSR count). The number of aryl methyl sites for hydroxylation is 4. The smallest absolute Gasteiger partial charge is 0.0629 e. The SMILES string of the molecule is Cc1ccc(C)c(C(Cc2c(C)nn(C)c2C)NN)c1. The molecule has 0 fully saturated rings. The summed E-state index contributed by atoms with van der Waals surface area (Å²) in [6.45, 7) is 8.39. The zero-order valence-corrected chi connectivity index (χ0v) is 13.0. The van der Waals surface area contributed by atoms with Crippen LogP contribution in [0.5, 0.6) is 0 Å². The Morgan fingerprint density at radius 3 is 2.50 bits per heavy atom. The first-order chi connectivity index (χ1) is 9.43. The molecule has 1 aromatic carbocycles. The molecule has 0 bridgehead atoms. The van der Waals surface area contributed by atoms with Crippen LogP contribution in [0, 0.1) is 27.7 Å². The van der Waals surface area contributed by atoms with Crippen LogP contribution in [0.2, 0.25) is 0 Å². The minimum atomic E-state index is 0.108. The molecule has 1 aromatic heterocycles. The van der Waals surface area contributed by atoms with E-state index >= 15 is 0 Å². The number of aromatic nitrogens is 2. The van der Waals surface area contributed by atoms with Gasteiger partial charge in [-0.15, -0.1) is 0 Å². The predicted molar refractivity (Wildman–Crippen MR) is 82.4 cm³/mol. The molecular weight excluding hydrogens is 248 g/mol. The molecule has 2 aromatic rings. The van der Waals surface area contributed by atoms with Gasteiger partial charge in [-0.25, -0.2) is 0 Å². The first-order valence-electron chi connectivity index (χ1n) is 6.96. The first-order valence-corrected chi connectivity index (χ1v) is 6.96. The summed E-state index contributed by atoms with van der Waals surface area (Å²) >= 11 is 0. The lowest BCUT2D eigenvalue weighted by Gasteiger charge is -2.19. The van der Waals surface area contributed by atoms with Crippen molar-refractivity contribution in [3.05, 3.63) is 51.8 Å². The molecule has 0 spiro atoms. The zero-order chi connectivity index (χ0) is 14.9. The van der Waals surface area contributed by atoms with Crippen molar-refractivity contribution in [2.24, 2.45) is 12.9 Å². The van der Waals surface area contributed by atoms with Crippen molar-refractivity contribution in [3.8, 4) is 0 Å². The molecule has 20 heavy (non-hydrogen) atoms. The third-order valence-corrected chi connectivity index (χ3v) is 4.08. The number of nitrogens with one attached hydrogen (secondary N) is 1. The topological polar surface area (TPSA) is 55.9 Å². The van der Waals surface area contributed by atoms with E-state index in [9.17, 15) is 0 Å². The number of hydrogen-bond acceptors (Lipinski definition) is 3. The van der Waals surface area contributed by atoms with E-state index in [0.717, 1.165) is 12.1 Å². The number of benzene rings is 1. The highest BCUT2D eigenvalue weighted by Crippen LogP contribution is 2.25. The van der Waals surface area contributed by atoms with Crippen LogP contribution in [0.15, 0.2) is 18.2 Å². The van der Waals surface area contributed by atoms with Crippen LogP contribution in [0.1, 0.15) is 39.7 Å². The number of nitrogens with zero attached hydrogens (tertiary/aromatic N) is 2. The number of rotatable bonds is 4. The lowest BCUT2D eigenvalue weighted by atomic mass is 9.93. The largest absolute Gasteiger partial charge is 0.272 e. The van der Waals surface area contributed by atoms with Gasteiger partial charge < -0.3 is 0 Å². The molecule has 4 nitrogen and oxygen atoms in total.